The van der Waals surface area contributed by atoms with Crippen molar-refractivity contribution in [1.82, 2.24) is 10.6 Å². The monoisotopic (exact) mass is 503 g/mol. The fourth-order valence-corrected chi connectivity index (χ4v) is 5.12. The van der Waals surface area contributed by atoms with Gasteiger partial charge in [-0.2, -0.15) is 11.8 Å². The molecule has 0 aliphatic carbocycles. The van der Waals surface area contributed by atoms with Crippen LogP contribution in [0.15, 0.2) is 29.3 Å². The molecule has 2 fully saturated rings. The number of hydrogen-bond donors (Lipinski definition) is 2. The van der Waals surface area contributed by atoms with E-state index in [9.17, 15) is 0 Å². The minimum atomic E-state index is 0. The minimum absolute atomic E-state index is 0. The molecule has 0 bridgehead atoms. The highest BCUT2D eigenvalue weighted by molar-refractivity contribution is 14.0. The lowest BCUT2D eigenvalue weighted by molar-refractivity contribution is -0.0265. The first-order chi connectivity index (χ1) is 12.6. The van der Waals surface area contributed by atoms with Gasteiger partial charge in [-0.3, -0.25) is 4.99 Å². The van der Waals surface area contributed by atoms with Crippen LogP contribution in [-0.4, -0.2) is 43.2 Å². The quantitative estimate of drug-likeness (QED) is 0.352. The second kappa shape index (κ2) is 10.9. The summed E-state index contributed by atoms with van der Waals surface area (Å²) in [7, 11) is 1.86. The number of halogens is 1. The zero-order valence-corrected chi connectivity index (χ0v) is 19.9. The Morgan fingerprint density at radius 1 is 1.26 bits per heavy atom. The van der Waals surface area contributed by atoms with E-state index in [1.807, 2.05) is 7.05 Å². The molecule has 0 radical (unpaired) electrons. The Labute approximate surface area is 185 Å². The second-order valence-electron chi connectivity index (χ2n) is 7.81. The van der Waals surface area contributed by atoms with Crippen LogP contribution in [0.3, 0.4) is 0 Å². The lowest BCUT2D eigenvalue weighted by Gasteiger charge is -2.33. The molecule has 0 saturated carbocycles. The summed E-state index contributed by atoms with van der Waals surface area (Å²) >= 11 is 2.08. The molecule has 2 heterocycles. The summed E-state index contributed by atoms with van der Waals surface area (Å²) in [5.41, 5.74) is 2.59. The van der Waals surface area contributed by atoms with E-state index in [1.165, 1.54) is 36.1 Å². The third-order valence-corrected chi connectivity index (χ3v) is 7.07. The van der Waals surface area contributed by atoms with E-state index in [0.717, 1.165) is 32.1 Å². The highest BCUT2D eigenvalue weighted by Gasteiger charge is 2.30. The zero-order chi connectivity index (χ0) is 18.4. The number of aryl methyl sites for hydroxylation is 1. The van der Waals surface area contributed by atoms with E-state index in [0.29, 0.717) is 10.7 Å². The molecule has 3 atom stereocenters. The average molecular weight is 503 g/mol. The molecule has 6 heteroatoms. The average Bonchev–Trinajstić information content (AvgIpc) is 3.10. The van der Waals surface area contributed by atoms with Crippen LogP contribution in [0.4, 0.5) is 0 Å². The van der Waals surface area contributed by atoms with Crippen molar-refractivity contribution in [2.45, 2.75) is 50.4 Å². The molecule has 4 nitrogen and oxygen atoms in total. The van der Waals surface area contributed by atoms with Gasteiger partial charge in [0.2, 0.25) is 0 Å². The van der Waals surface area contributed by atoms with Crippen molar-refractivity contribution < 1.29 is 4.74 Å². The third kappa shape index (κ3) is 6.53. The standard InChI is InChI=1S/C21H33N3OS.HI/c1-16-7-9-17(10-8-16)19-18(6-4-12-25-19)14-23-20(22-3)24-15-21(2)11-5-13-26-21;/h7-10,18-19H,4-6,11-15H2,1-3H3,(H2,22,23,24);1H. The molecule has 2 aliphatic rings. The normalized spacial score (nSPS) is 28.5. The molecule has 0 aromatic heterocycles. The van der Waals surface area contributed by atoms with Gasteiger partial charge in [0.25, 0.3) is 0 Å². The Morgan fingerprint density at radius 2 is 2.04 bits per heavy atom. The zero-order valence-electron chi connectivity index (χ0n) is 16.8. The van der Waals surface area contributed by atoms with E-state index in [1.54, 1.807) is 0 Å². The van der Waals surface area contributed by atoms with Gasteiger partial charge in [-0.05, 0) is 50.8 Å². The summed E-state index contributed by atoms with van der Waals surface area (Å²) < 4.78 is 6.48. The van der Waals surface area contributed by atoms with Crippen molar-refractivity contribution in [2.24, 2.45) is 10.9 Å². The lowest BCUT2D eigenvalue weighted by Crippen LogP contribution is -2.46. The van der Waals surface area contributed by atoms with Gasteiger partial charge < -0.3 is 15.4 Å². The fraction of sp³-hybridized carbons (Fsp3) is 0.667. The smallest absolute Gasteiger partial charge is 0.191 e. The van der Waals surface area contributed by atoms with Gasteiger partial charge in [-0.15, -0.1) is 24.0 Å². The SMILES string of the molecule is CN=C(NCC1CCCOC1c1ccc(C)cc1)NCC1(C)CCCS1.I. The highest BCUT2D eigenvalue weighted by Crippen LogP contribution is 2.37. The van der Waals surface area contributed by atoms with Crippen LogP contribution in [0.2, 0.25) is 0 Å². The third-order valence-electron chi connectivity index (χ3n) is 5.54. The summed E-state index contributed by atoms with van der Waals surface area (Å²) in [6, 6.07) is 8.78. The first-order valence-corrected chi connectivity index (χ1v) is 10.8. The topological polar surface area (TPSA) is 45.7 Å². The summed E-state index contributed by atoms with van der Waals surface area (Å²) in [5, 5.41) is 7.07. The first-order valence-electron chi connectivity index (χ1n) is 9.86. The predicted octanol–water partition coefficient (Wildman–Crippen LogP) is 4.53. The maximum absolute atomic E-state index is 6.14. The molecule has 0 amide bonds. The molecule has 2 N–H and O–H groups in total. The fourth-order valence-electron chi connectivity index (χ4n) is 3.87. The van der Waals surface area contributed by atoms with Crippen LogP contribution in [-0.2, 0) is 4.74 Å². The summed E-state index contributed by atoms with van der Waals surface area (Å²) in [6.07, 6.45) is 5.11. The van der Waals surface area contributed by atoms with Gasteiger partial charge >= 0.3 is 0 Å². The Balaban J connectivity index is 0.00000261. The van der Waals surface area contributed by atoms with E-state index < -0.39 is 0 Å². The Bertz CT molecular complexity index is 602. The van der Waals surface area contributed by atoms with Gasteiger partial charge in [-0.1, -0.05) is 29.8 Å². The minimum Gasteiger partial charge on any atom is -0.373 e. The van der Waals surface area contributed by atoms with Gasteiger partial charge in [-0.25, -0.2) is 0 Å². The molecule has 1 aromatic carbocycles. The number of rotatable bonds is 5. The highest BCUT2D eigenvalue weighted by atomic mass is 127. The van der Waals surface area contributed by atoms with Crippen molar-refractivity contribution >= 4 is 41.7 Å². The number of hydrogen-bond acceptors (Lipinski definition) is 3. The number of aliphatic imine (C=N–C) groups is 1. The Hall–Kier alpha value is -0.470. The Morgan fingerprint density at radius 3 is 2.70 bits per heavy atom. The number of nitrogens with zero attached hydrogens (tertiary/aromatic N) is 1. The summed E-state index contributed by atoms with van der Waals surface area (Å²) in [4.78, 5) is 4.42. The van der Waals surface area contributed by atoms with Crippen molar-refractivity contribution in [3.05, 3.63) is 35.4 Å². The van der Waals surface area contributed by atoms with E-state index >= 15 is 0 Å². The number of nitrogens with one attached hydrogen (secondary N) is 2. The van der Waals surface area contributed by atoms with Crippen LogP contribution in [0.25, 0.3) is 0 Å². The van der Waals surface area contributed by atoms with Crippen molar-refractivity contribution in [3.63, 3.8) is 0 Å². The molecule has 2 saturated heterocycles. The van der Waals surface area contributed by atoms with Crippen LogP contribution in [0.1, 0.15) is 49.8 Å². The van der Waals surface area contributed by atoms with Crippen LogP contribution in [0, 0.1) is 12.8 Å². The first kappa shape index (κ1) is 22.8. The molecular weight excluding hydrogens is 469 g/mol. The molecule has 0 spiro atoms. The molecule has 3 rings (SSSR count). The van der Waals surface area contributed by atoms with Gasteiger partial charge in [0.1, 0.15) is 0 Å². The van der Waals surface area contributed by atoms with Gasteiger partial charge in [0.05, 0.1) is 6.10 Å². The van der Waals surface area contributed by atoms with Crippen LogP contribution < -0.4 is 10.6 Å². The van der Waals surface area contributed by atoms with Crippen LogP contribution >= 0.6 is 35.7 Å². The number of benzene rings is 1. The molecule has 2 aliphatic heterocycles. The van der Waals surface area contributed by atoms with Crippen molar-refractivity contribution in [3.8, 4) is 0 Å². The Kier molecular flexibility index (Phi) is 9.22. The molecule has 152 valence electrons. The molecule has 27 heavy (non-hydrogen) atoms. The lowest BCUT2D eigenvalue weighted by atomic mass is 9.89. The molecule has 3 unspecified atom stereocenters. The van der Waals surface area contributed by atoms with Gasteiger partial charge in [0.15, 0.2) is 5.96 Å². The van der Waals surface area contributed by atoms with Gasteiger partial charge in [0, 0.05) is 37.4 Å². The summed E-state index contributed by atoms with van der Waals surface area (Å²) in [5.74, 6) is 2.66. The van der Waals surface area contributed by atoms with E-state index in [4.69, 9.17) is 4.74 Å². The van der Waals surface area contributed by atoms with Crippen LogP contribution in [0.5, 0.6) is 0 Å². The number of guanidine groups is 1. The van der Waals surface area contributed by atoms with Crippen molar-refractivity contribution in [2.75, 3.05) is 32.5 Å². The maximum Gasteiger partial charge on any atom is 0.191 e. The van der Waals surface area contributed by atoms with E-state index in [2.05, 4.69) is 65.5 Å². The molecular formula is C21H34IN3OS. The predicted molar refractivity (Wildman–Crippen MR) is 127 cm³/mol. The number of thioether (sulfide) groups is 1. The maximum atomic E-state index is 6.14. The number of ether oxygens (including phenoxy) is 1. The van der Waals surface area contributed by atoms with Crippen molar-refractivity contribution in [1.29, 1.82) is 0 Å². The summed E-state index contributed by atoms with van der Waals surface area (Å²) in [6.45, 7) is 7.20. The van der Waals surface area contributed by atoms with E-state index in [-0.39, 0.29) is 30.1 Å². The molecule has 1 aromatic rings. The second-order valence-corrected chi connectivity index (χ2v) is 9.50. The largest absolute Gasteiger partial charge is 0.373 e.